The van der Waals surface area contributed by atoms with Crippen LogP contribution < -0.4 is 0 Å². The summed E-state index contributed by atoms with van der Waals surface area (Å²) in [6, 6.07) is 20.4. The molecule has 102 valence electrons. The van der Waals surface area contributed by atoms with Crippen molar-refractivity contribution in [1.29, 1.82) is 0 Å². The van der Waals surface area contributed by atoms with Crippen molar-refractivity contribution >= 4 is 8.60 Å². The van der Waals surface area contributed by atoms with E-state index in [9.17, 15) is 0 Å². The van der Waals surface area contributed by atoms with Crippen LogP contribution in [0.25, 0.3) is 0 Å². The fraction of sp³-hybridized carbons (Fsp3) is 0.143. The highest BCUT2D eigenvalue weighted by molar-refractivity contribution is 7.38. The maximum atomic E-state index is 7.23. The second-order valence-corrected chi connectivity index (χ2v) is 4.27. The lowest BCUT2D eigenvalue weighted by molar-refractivity contribution is 0.107. The first kappa shape index (κ1) is 15.8. The van der Waals surface area contributed by atoms with Crippen molar-refractivity contribution in [2.24, 2.45) is 0 Å². The Balaban J connectivity index is 0.000000399. The molecule has 0 fully saturated rings. The van der Waals surface area contributed by atoms with Crippen molar-refractivity contribution in [2.75, 3.05) is 0 Å². The summed E-state index contributed by atoms with van der Waals surface area (Å²) >= 11 is 0. The van der Waals surface area contributed by atoms with Gasteiger partial charge in [0.25, 0.3) is 0 Å². The molecule has 0 aliphatic rings. The SMILES string of the molecule is OP(O)O.c1ccc(COCc2ccccc2)cc1. The van der Waals surface area contributed by atoms with E-state index < -0.39 is 8.60 Å². The quantitative estimate of drug-likeness (QED) is 0.753. The summed E-state index contributed by atoms with van der Waals surface area (Å²) in [4.78, 5) is 21.7. The van der Waals surface area contributed by atoms with Gasteiger partial charge in [-0.3, -0.25) is 0 Å². The van der Waals surface area contributed by atoms with E-state index in [1.807, 2.05) is 36.4 Å². The maximum absolute atomic E-state index is 7.23. The first-order valence-corrected chi connectivity index (χ1v) is 6.91. The molecule has 0 saturated carbocycles. The van der Waals surface area contributed by atoms with Crippen LogP contribution in [0, 0.1) is 0 Å². The predicted molar refractivity (Wildman–Crippen MR) is 75.0 cm³/mol. The zero-order chi connectivity index (χ0) is 13.9. The summed E-state index contributed by atoms with van der Waals surface area (Å²) < 4.78 is 5.61. The van der Waals surface area contributed by atoms with Crippen LogP contribution in [0.5, 0.6) is 0 Å². The smallest absolute Gasteiger partial charge is 0.324 e. The Hall–Kier alpha value is -1.29. The van der Waals surface area contributed by atoms with Gasteiger partial charge in [-0.2, -0.15) is 0 Å². The highest BCUT2D eigenvalue weighted by atomic mass is 31.2. The molecule has 0 spiro atoms. The van der Waals surface area contributed by atoms with Gasteiger partial charge in [-0.25, -0.2) is 0 Å². The summed E-state index contributed by atoms with van der Waals surface area (Å²) in [5.41, 5.74) is 2.43. The molecule has 0 saturated heterocycles. The van der Waals surface area contributed by atoms with Crippen molar-refractivity contribution in [3.05, 3.63) is 71.8 Å². The van der Waals surface area contributed by atoms with E-state index in [1.54, 1.807) is 0 Å². The van der Waals surface area contributed by atoms with E-state index in [1.165, 1.54) is 11.1 Å². The van der Waals surface area contributed by atoms with E-state index in [4.69, 9.17) is 19.4 Å². The highest BCUT2D eigenvalue weighted by Crippen LogP contribution is 2.11. The molecule has 19 heavy (non-hydrogen) atoms. The Morgan fingerprint density at radius 3 is 1.32 bits per heavy atom. The summed E-state index contributed by atoms with van der Waals surface area (Å²) in [6.45, 7) is 1.35. The van der Waals surface area contributed by atoms with Gasteiger partial charge < -0.3 is 19.4 Å². The minimum absolute atomic E-state index is 0.676. The molecule has 0 aromatic heterocycles. The third-order valence-electron chi connectivity index (χ3n) is 2.22. The third kappa shape index (κ3) is 8.43. The molecular weight excluding hydrogens is 263 g/mol. The van der Waals surface area contributed by atoms with Crippen LogP contribution >= 0.6 is 8.60 Å². The third-order valence-corrected chi connectivity index (χ3v) is 2.22. The van der Waals surface area contributed by atoms with Crippen LogP contribution in [-0.2, 0) is 18.0 Å². The zero-order valence-electron chi connectivity index (χ0n) is 10.4. The molecule has 2 rings (SSSR count). The largest absolute Gasteiger partial charge is 0.372 e. The number of benzene rings is 2. The minimum atomic E-state index is -2.62. The Bertz CT molecular complexity index is 391. The molecule has 4 nitrogen and oxygen atoms in total. The van der Waals surface area contributed by atoms with Crippen LogP contribution in [0.2, 0.25) is 0 Å². The average Bonchev–Trinajstić information content (AvgIpc) is 2.41. The molecule has 0 radical (unpaired) electrons. The van der Waals surface area contributed by atoms with Gasteiger partial charge in [-0.15, -0.1) is 0 Å². The van der Waals surface area contributed by atoms with Crippen molar-refractivity contribution in [3.8, 4) is 0 Å². The van der Waals surface area contributed by atoms with Crippen molar-refractivity contribution < 1.29 is 19.4 Å². The van der Waals surface area contributed by atoms with Crippen LogP contribution in [0.15, 0.2) is 60.7 Å². The number of ether oxygens (including phenoxy) is 1. The van der Waals surface area contributed by atoms with Gasteiger partial charge in [-0.1, -0.05) is 60.7 Å². The van der Waals surface area contributed by atoms with Gasteiger partial charge in [0, 0.05) is 0 Å². The van der Waals surface area contributed by atoms with E-state index in [-0.39, 0.29) is 0 Å². The van der Waals surface area contributed by atoms with Crippen LogP contribution in [-0.4, -0.2) is 14.7 Å². The molecule has 3 N–H and O–H groups in total. The summed E-state index contributed by atoms with van der Waals surface area (Å²) in [5, 5.41) is 0. The topological polar surface area (TPSA) is 69.9 Å². The second-order valence-electron chi connectivity index (χ2n) is 3.73. The van der Waals surface area contributed by atoms with Crippen LogP contribution in [0.3, 0.4) is 0 Å². The van der Waals surface area contributed by atoms with E-state index in [2.05, 4.69) is 24.3 Å². The summed E-state index contributed by atoms with van der Waals surface area (Å²) in [5.74, 6) is 0. The molecule has 0 atom stereocenters. The fourth-order valence-corrected chi connectivity index (χ4v) is 1.44. The fourth-order valence-electron chi connectivity index (χ4n) is 1.44. The average molecular weight is 280 g/mol. The van der Waals surface area contributed by atoms with Crippen molar-refractivity contribution in [2.45, 2.75) is 13.2 Å². The second kappa shape index (κ2) is 9.62. The first-order chi connectivity index (χ1) is 9.18. The highest BCUT2D eigenvalue weighted by Gasteiger charge is 1.93. The summed E-state index contributed by atoms with van der Waals surface area (Å²) in [7, 11) is -2.62. The molecule has 0 amide bonds. The maximum Gasteiger partial charge on any atom is 0.324 e. The summed E-state index contributed by atoms with van der Waals surface area (Å²) in [6.07, 6.45) is 0. The molecule has 5 heteroatoms. The van der Waals surface area contributed by atoms with Gasteiger partial charge in [-0.05, 0) is 11.1 Å². The Morgan fingerprint density at radius 1 is 0.684 bits per heavy atom. The Labute approximate surface area is 113 Å². The lowest BCUT2D eigenvalue weighted by Gasteiger charge is -2.03. The van der Waals surface area contributed by atoms with E-state index in [0.29, 0.717) is 13.2 Å². The number of rotatable bonds is 4. The predicted octanol–water partition coefficient (Wildman–Crippen LogP) is 2.59. The standard InChI is InChI=1S/C14H14O.H3O3P/c1-3-7-13(8-4-1)11-15-12-14-9-5-2-6-10-14;1-4(2)3/h1-10H,11-12H2;1-3H. The van der Waals surface area contributed by atoms with Gasteiger partial charge in [0.2, 0.25) is 0 Å². The van der Waals surface area contributed by atoms with Gasteiger partial charge >= 0.3 is 8.60 Å². The van der Waals surface area contributed by atoms with Gasteiger partial charge in [0.05, 0.1) is 13.2 Å². The molecule has 0 bridgehead atoms. The van der Waals surface area contributed by atoms with E-state index >= 15 is 0 Å². The van der Waals surface area contributed by atoms with Gasteiger partial charge in [0.15, 0.2) is 0 Å². The van der Waals surface area contributed by atoms with Crippen molar-refractivity contribution in [3.63, 3.8) is 0 Å². The monoisotopic (exact) mass is 280 g/mol. The molecule has 0 unspecified atom stereocenters. The zero-order valence-corrected chi connectivity index (χ0v) is 11.3. The van der Waals surface area contributed by atoms with Crippen LogP contribution in [0.4, 0.5) is 0 Å². The van der Waals surface area contributed by atoms with Gasteiger partial charge in [0.1, 0.15) is 0 Å². The first-order valence-electron chi connectivity index (χ1n) is 5.71. The molecule has 0 heterocycles. The number of hydrogen-bond acceptors (Lipinski definition) is 4. The molecule has 2 aromatic carbocycles. The lowest BCUT2D eigenvalue weighted by atomic mass is 10.2. The molecule has 0 aliphatic carbocycles. The Morgan fingerprint density at radius 2 is 1.00 bits per heavy atom. The molecule has 2 aromatic rings. The Kier molecular flexibility index (Phi) is 7.98. The van der Waals surface area contributed by atoms with Crippen LogP contribution in [0.1, 0.15) is 11.1 Å². The van der Waals surface area contributed by atoms with Crippen molar-refractivity contribution in [1.82, 2.24) is 0 Å². The minimum Gasteiger partial charge on any atom is -0.372 e. The number of hydrogen-bond donors (Lipinski definition) is 3. The van der Waals surface area contributed by atoms with E-state index in [0.717, 1.165) is 0 Å². The molecular formula is C14H17O4P. The molecule has 0 aliphatic heterocycles. The lowest BCUT2D eigenvalue weighted by Crippen LogP contribution is -1.93. The normalized spacial score (nSPS) is 9.89.